The van der Waals surface area contributed by atoms with Crippen LogP contribution >= 0.6 is 0 Å². The zero-order valence-electron chi connectivity index (χ0n) is 12.5. The third-order valence-corrected chi connectivity index (χ3v) is 3.42. The quantitative estimate of drug-likeness (QED) is 0.414. The third-order valence-electron chi connectivity index (χ3n) is 3.42. The largest absolute Gasteiger partial charge is 0.376 e. The Morgan fingerprint density at radius 3 is 2.58 bits per heavy atom. The molecule has 0 aliphatic rings. The van der Waals surface area contributed by atoms with Gasteiger partial charge in [0.2, 0.25) is 0 Å². The standard InChI is InChI=1S/C18H28O/c1-4-5-7-10-16(2)13-17(3)14-19-15-18-11-8-6-9-12-18/h4,6,8-9,11-12,16-17H,1,5,7,10,13-15H2,2-3H3/t16-,17+/m1/s1. The van der Waals surface area contributed by atoms with Crippen LogP contribution in [0.15, 0.2) is 43.0 Å². The Morgan fingerprint density at radius 1 is 1.16 bits per heavy atom. The van der Waals surface area contributed by atoms with Crippen molar-refractivity contribution >= 4 is 0 Å². The van der Waals surface area contributed by atoms with Gasteiger partial charge in [-0.3, -0.25) is 0 Å². The van der Waals surface area contributed by atoms with Crippen molar-refractivity contribution in [1.29, 1.82) is 0 Å². The van der Waals surface area contributed by atoms with E-state index in [2.05, 4.69) is 44.7 Å². The monoisotopic (exact) mass is 260 g/mol. The van der Waals surface area contributed by atoms with Gasteiger partial charge in [-0.2, -0.15) is 0 Å². The molecule has 0 amide bonds. The Bertz CT molecular complexity index is 331. The molecule has 19 heavy (non-hydrogen) atoms. The van der Waals surface area contributed by atoms with E-state index in [4.69, 9.17) is 4.74 Å². The summed E-state index contributed by atoms with van der Waals surface area (Å²) in [5, 5.41) is 0. The molecule has 1 nitrogen and oxygen atoms in total. The molecule has 0 spiro atoms. The van der Waals surface area contributed by atoms with Crippen LogP contribution in [0.25, 0.3) is 0 Å². The normalized spacial score (nSPS) is 14.0. The summed E-state index contributed by atoms with van der Waals surface area (Å²) >= 11 is 0. The lowest BCUT2D eigenvalue weighted by Gasteiger charge is -2.17. The molecule has 0 heterocycles. The van der Waals surface area contributed by atoms with E-state index in [0.717, 1.165) is 25.6 Å². The van der Waals surface area contributed by atoms with Crippen LogP contribution in [0.1, 0.15) is 45.1 Å². The lowest BCUT2D eigenvalue weighted by Crippen LogP contribution is -2.10. The van der Waals surface area contributed by atoms with E-state index in [1.54, 1.807) is 0 Å². The molecule has 0 N–H and O–H groups in total. The van der Waals surface area contributed by atoms with Crippen molar-refractivity contribution in [1.82, 2.24) is 0 Å². The highest BCUT2D eigenvalue weighted by Gasteiger charge is 2.08. The number of unbranched alkanes of at least 4 members (excludes halogenated alkanes) is 1. The van der Waals surface area contributed by atoms with Crippen LogP contribution in [0.2, 0.25) is 0 Å². The van der Waals surface area contributed by atoms with Crippen LogP contribution in [0.5, 0.6) is 0 Å². The molecule has 1 aromatic rings. The maximum Gasteiger partial charge on any atom is 0.0717 e. The van der Waals surface area contributed by atoms with Gasteiger partial charge in [0.15, 0.2) is 0 Å². The zero-order valence-corrected chi connectivity index (χ0v) is 12.5. The summed E-state index contributed by atoms with van der Waals surface area (Å²) < 4.78 is 5.79. The van der Waals surface area contributed by atoms with Gasteiger partial charge in [-0.1, -0.05) is 56.7 Å². The van der Waals surface area contributed by atoms with Gasteiger partial charge < -0.3 is 4.74 Å². The summed E-state index contributed by atoms with van der Waals surface area (Å²) in [4.78, 5) is 0. The van der Waals surface area contributed by atoms with Crippen molar-refractivity contribution in [3.8, 4) is 0 Å². The minimum Gasteiger partial charge on any atom is -0.376 e. The van der Waals surface area contributed by atoms with Gasteiger partial charge in [0.25, 0.3) is 0 Å². The number of hydrogen-bond acceptors (Lipinski definition) is 1. The lowest BCUT2D eigenvalue weighted by molar-refractivity contribution is 0.0842. The number of allylic oxidation sites excluding steroid dienone is 1. The topological polar surface area (TPSA) is 9.23 Å². The molecule has 1 rings (SSSR count). The lowest BCUT2D eigenvalue weighted by atomic mass is 9.93. The molecule has 1 heteroatoms. The molecule has 0 aliphatic carbocycles. The van der Waals surface area contributed by atoms with E-state index in [-0.39, 0.29) is 0 Å². The highest BCUT2D eigenvalue weighted by Crippen LogP contribution is 2.18. The Labute approximate surface area is 118 Å². The molecule has 0 fully saturated rings. The number of ether oxygens (including phenoxy) is 1. The first-order valence-electron chi connectivity index (χ1n) is 7.45. The van der Waals surface area contributed by atoms with Crippen molar-refractivity contribution in [3.05, 3.63) is 48.6 Å². The summed E-state index contributed by atoms with van der Waals surface area (Å²) in [5.41, 5.74) is 1.26. The maximum absolute atomic E-state index is 5.79. The van der Waals surface area contributed by atoms with Crippen molar-refractivity contribution in [2.24, 2.45) is 11.8 Å². The smallest absolute Gasteiger partial charge is 0.0717 e. The van der Waals surface area contributed by atoms with E-state index in [0.29, 0.717) is 5.92 Å². The van der Waals surface area contributed by atoms with Crippen LogP contribution in [-0.2, 0) is 11.3 Å². The van der Waals surface area contributed by atoms with Gasteiger partial charge in [-0.25, -0.2) is 0 Å². The molecule has 1 aromatic carbocycles. The molecule has 106 valence electrons. The summed E-state index contributed by atoms with van der Waals surface area (Å²) in [6.45, 7) is 9.99. The van der Waals surface area contributed by atoms with E-state index in [1.165, 1.54) is 24.8 Å². The van der Waals surface area contributed by atoms with Gasteiger partial charge in [-0.05, 0) is 36.7 Å². The van der Waals surface area contributed by atoms with E-state index in [1.807, 2.05) is 12.1 Å². The molecular weight excluding hydrogens is 232 g/mol. The van der Waals surface area contributed by atoms with Crippen molar-refractivity contribution in [2.45, 2.75) is 46.1 Å². The number of hydrogen-bond donors (Lipinski definition) is 0. The maximum atomic E-state index is 5.79. The zero-order chi connectivity index (χ0) is 13.9. The molecule has 0 radical (unpaired) electrons. The first-order valence-corrected chi connectivity index (χ1v) is 7.45. The fraction of sp³-hybridized carbons (Fsp3) is 0.556. The molecule has 0 saturated carbocycles. The second-order valence-electron chi connectivity index (χ2n) is 5.67. The van der Waals surface area contributed by atoms with Gasteiger partial charge in [0, 0.05) is 6.61 Å². The Hall–Kier alpha value is -1.08. The van der Waals surface area contributed by atoms with Gasteiger partial charge >= 0.3 is 0 Å². The fourth-order valence-electron chi connectivity index (χ4n) is 2.44. The summed E-state index contributed by atoms with van der Waals surface area (Å²) in [5.74, 6) is 1.43. The molecule has 0 aliphatic heterocycles. The SMILES string of the molecule is C=CCCC[C@@H](C)C[C@H](C)COCc1ccccc1. The Balaban J connectivity index is 2.10. The highest BCUT2D eigenvalue weighted by molar-refractivity contribution is 5.13. The minimum atomic E-state index is 0.641. The average Bonchev–Trinajstić information content (AvgIpc) is 2.40. The minimum absolute atomic E-state index is 0.641. The summed E-state index contributed by atoms with van der Waals surface area (Å²) in [6.07, 6.45) is 6.98. The predicted molar refractivity (Wildman–Crippen MR) is 83.1 cm³/mol. The predicted octanol–water partition coefficient (Wildman–Crippen LogP) is 5.22. The average molecular weight is 260 g/mol. The molecule has 0 saturated heterocycles. The van der Waals surface area contributed by atoms with E-state index >= 15 is 0 Å². The van der Waals surface area contributed by atoms with Crippen LogP contribution in [0, 0.1) is 11.8 Å². The van der Waals surface area contributed by atoms with Gasteiger partial charge in [-0.15, -0.1) is 6.58 Å². The molecule has 0 bridgehead atoms. The second-order valence-corrected chi connectivity index (χ2v) is 5.67. The van der Waals surface area contributed by atoms with Crippen LogP contribution in [0.3, 0.4) is 0 Å². The van der Waals surface area contributed by atoms with Gasteiger partial charge in [0.1, 0.15) is 0 Å². The summed E-state index contributed by atoms with van der Waals surface area (Å²) in [7, 11) is 0. The first-order chi connectivity index (χ1) is 9.22. The Morgan fingerprint density at radius 2 is 1.89 bits per heavy atom. The van der Waals surface area contributed by atoms with Crippen molar-refractivity contribution < 1.29 is 4.74 Å². The van der Waals surface area contributed by atoms with Crippen molar-refractivity contribution in [2.75, 3.05) is 6.61 Å². The number of benzene rings is 1. The third kappa shape index (κ3) is 7.84. The molecule has 0 unspecified atom stereocenters. The molecular formula is C18H28O. The van der Waals surface area contributed by atoms with E-state index < -0.39 is 0 Å². The first kappa shape index (κ1) is 16.0. The van der Waals surface area contributed by atoms with E-state index in [9.17, 15) is 0 Å². The fourth-order valence-corrected chi connectivity index (χ4v) is 2.44. The molecule has 2 atom stereocenters. The van der Waals surface area contributed by atoms with Crippen LogP contribution < -0.4 is 0 Å². The van der Waals surface area contributed by atoms with Crippen molar-refractivity contribution in [3.63, 3.8) is 0 Å². The summed E-state index contributed by atoms with van der Waals surface area (Å²) in [6, 6.07) is 10.4. The van der Waals surface area contributed by atoms with Gasteiger partial charge in [0.05, 0.1) is 6.61 Å². The molecule has 0 aromatic heterocycles. The number of rotatable bonds is 10. The van der Waals surface area contributed by atoms with Crippen LogP contribution in [-0.4, -0.2) is 6.61 Å². The van der Waals surface area contributed by atoms with Crippen LogP contribution in [0.4, 0.5) is 0 Å². The highest BCUT2D eigenvalue weighted by atomic mass is 16.5. The Kier molecular flexibility index (Phi) is 8.24. The second kappa shape index (κ2) is 9.80.